The molecular weight excluding hydrogens is 196 g/mol. The summed E-state index contributed by atoms with van der Waals surface area (Å²) in [6.07, 6.45) is 3.42. The summed E-state index contributed by atoms with van der Waals surface area (Å²) >= 11 is 0. The molecule has 1 aromatic heterocycles. The molecule has 0 aromatic carbocycles. The van der Waals surface area contributed by atoms with Crippen LogP contribution in [-0.2, 0) is 23.2 Å². The van der Waals surface area contributed by atoms with Crippen LogP contribution in [0.4, 0.5) is 0 Å². The minimum absolute atomic E-state index is 0. The second-order valence-corrected chi connectivity index (χ2v) is 2.34. The first kappa shape index (κ1) is 11.9. The minimum atomic E-state index is -0.968. The molecule has 0 radical (unpaired) electrons. The second-order valence-electron chi connectivity index (χ2n) is 2.34. The van der Waals surface area contributed by atoms with Crippen molar-refractivity contribution in [3.63, 3.8) is 0 Å². The van der Waals surface area contributed by atoms with Crippen LogP contribution in [0.2, 0.25) is 0 Å². The number of nitrogens with zero attached hydrogens (tertiary/aromatic N) is 2. The molecule has 0 saturated heterocycles. The first-order chi connectivity index (χ1) is 5.70. The zero-order valence-corrected chi connectivity index (χ0v) is 7.95. The first-order valence-corrected chi connectivity index (χ1v) is 3.46. The van der Waals surface area contributed by atoms with E-state index in [-0.39, 0.29) is 25.6 Å². The van der Waals surface area contributed by atoms with E-state index in [1.54, 1.807) is 17.0 Å². The van der Waals surface area contributed by atoms with E-state index in [1.807, 2.05) is 7.05 Å². The Morgan fingerprint density at radius 1 is 1.77 bits per heavy atom. The third-order valence-electron chi connectivity index (χ3n) is 1.38. The molecule has 0 unspecified atom stereocenters. The summed E-state index contributed by atoms with van der Waals surface area (Å²) in [5.74, 6) is -0.250. The Morgan fingerprint density at radius 2 is 2.46 bits per heavy atom. The van der Waals surface area contributed by atoms with Gasteiger partial charge in [-0.05, 0) is 0 Å². The van der Waals surface area contributed by atoms with Crippen LogP contribution in [0.25, 0.3) is 0 Å². The Bertz CT molecular complexity index is 274. The fourth-order valence-electron chi connectivity index (χ4n) is 0.765. The number of aliphatic carboxylic acids is 1. The maximum absolute atomic E-state index is 10.1. The molecule has 0 amide bonds. The van der Waals surface area contributed by atoms with Gasteiger partial charge >= 0.3 is 5.97 Å². The Labute approximate surface area is 81.8 Å². The predicted octanol–water partition coefficient (Wildman–Crippen LogP) is 0.443. The molecule has 1 aromatic rings. The maximum Gasteiger partial charge on any atom is 0.329 e. The van der Waals surface area contributed by atoms with Gasteiger partial charge in [0.15, 0.2) is 0 Å². The number of aromatic nitrogens is 2. The minimum Gasteiger partial charge on any atom is -0.480 e. The SMILES string of the molecule is Cl.Cn1ccnc1COCC(=O)O. The fourth-order valence-corrected chi connectivity index (χ4v) is 0.765. The number of ether oxygens (including phenoxy) is 1. The molecule has 0 fully saturated rings. The average Bonchev–Trinajstić information content (AvgIpc) is 2.36. The van der Waals surface area contributed by atoms with Gasteiger partial charge in [0.25, 0.3) is 0 Å². The highest BCUT2D eigenvalue weighted by Crippen LogP contribution is 1.95. The topological polar surface area (TPSA) is 64.4 Å². The average molecular weight is 207 g/mol. The van der Waals surface area contributed by atoms with Crippen molar-refractivity contribution in [2.24, 2.45) is 7.05 Å². The Hall–Kier alpha value is -1.07. The third kappa shape index (κ3) is 3.91. The van der Waals surface area contributed by atoms with Crippen LogP contribution >= 0.6 is 12.4 Å². The number of rotatable bonds is 4. The van der Waals surface area contributed by atoms with Gasteiger partial charge in [-0.2, -0.15) is 0 Å². The standard InChI is InChI=1S/C7H10N2O3.ClH/c1-9-3-2-8-6(9)4-12-5-7(10)11;/h2-3H,4-5H2,1H3,(H,10,11);1H. The van der Waals surface area contributed by atoms with Crippen molar-refractivity contribution in [2.75, 3.05) is 6.61 Å². The van der Waals surface area contributed by atoms with Crippen LogP contribution in [0.5, 0.6) is 0 Å². The van der Waals surface area contributed by atoms with Crippen LogP contribution in [0.3, 0.4) is 0 Å². The zero-order chi connectivity index (χ0) is 8.97. The molecule has 0 bridgehead atoms. The second kappa shape index (κ2) is 5.55. The summed E-state index contributed by atoms with van der Waals surface area (Å²) in [4.78, 5) is 14.0. The largest absolute Gasteiger partial charge is 0.480 e. The van der Waals surface area contributed by atoms with E-state index in [0.29, 0.717) is 0 Å². The Morgan fingerprint density at radius 3 is 2.92 bits per heavy atom. The van der Waals surface area contributed by atoms with Gasteiger partial charge in [0, 0.05) is 19.4 Å². The molecule has 0 aliphatic rings. The molecule has 5 nitrogen and oxygen atoms in total. The van der Waals surface area contributed by atoms with Gasteiger partial charge in [0.1, 0.15) is 19.0 Å². The lowest BCUT2D eigenvalue weighted by Crippen LogP contribution is -2.08. The summed E-state index contributed by atoms with van der Waals surface area (Å²) in [6, 6.07) is 0. The van der Waals surface area contributed by atoms with Crippen LogP contribution < -0.4 is 0 Å². The van der Waals surface area contributed by atoms with Gasteiger partial charge in [0.05, 0.1) is 0 Å². The summed E-state index contributed by atoms with van der Waals surface area (Å²) < 4.78 is 6.62. The van der Waals surface area contributed by atoms with Crippen molar-refractivity contribution >= 4 is 18.4 Å². The van der Waals surface area contributed by atoms with E-state index in [4.69, 9.17) is 9.84 Å². The lowest BCUT2D eigenvalue weighted by molar-refractivity contribution is -0.142. The molecule has 1 N–H and O–H groups in total. The summed E-state index contributed by atoms with van der Waals surface area (Å²) in [7, 11) is 1.83. The Kier molecular flexibility index (Phi) is 5.10. The molecule has 0 aliphatic carbocycles. The smallest absolute Gasteiger partial charge is 0.329 e. The zero-order valence-electron chi connectivity index (χ0n) is 7.14. The number of hydrogen-bond donors (Lipinski definition) is 1. The fraction of sp³-hybridized carbons (Fsp3) is 0.429. The monoisotopic (exact) mass is 206 g/mol. The van der Waals surface area contributed by atoms with Crippen molar-refractivity contribution in [2.45, 2.75) is 6.61 Å². The van der Waals surface area contributed by atoms with E-state index in [0.717, 1.165) is 5.82 Å². The summed E-state index contributed by atoms with van der Waals surface area (Å²) in [6.45, 7) is -0.0529. The molecule has 1 heterocycles. The lowest BCUT2D eigenvalue weighted by Gasteiger charge is -2.00. The van der Waals surface area contributed by atoms with Crippen LogP contribution in [0, 0.1) is 0 Å². The van der Waals surface area contributed by atoms with Crippen LogP contribution in [0.1, 0.15) is 5.82 Å². The van der Waals surface area contributed by atoms with Crippen molar-refractivity contribution in [1.29, 1.82) is 0 Å². The number of aryl methyl sites for hydroxylation is 1. The predicted molar refractivity (Wildman–Crippen MR) is 47.7 cm³/mol. The normalized spacial score (nSPS) is 9.31. The van der Waals surface area contributed by atoms with E-state index >= 15 is 0 Å². The summed E-state index contributed by atoms with van der Waals surface area (Å²) in [5, 5.41) is 8.26. The van der Waals surface area contributed by atoms with Crippen molar-refractivity contribution in [3.05, 3.63) is 18.2 Å². The van der Waals surface area contributed by atoms with Crippen LogP contribution in [0.15, 0.2) is 12.4 Å². The van der Waals surface area contributed by atoms with Crippen molar-refractivity contribution < 1.29 is 14.6 Å². The molecule has 6 heteroatoms. The van der Waals surface area contributed by atoms with E-state index in [1.165, 1.54) is 0 Å². The van der Waals surface area contributed by atoms with Gasteiger partial charge in [0.2, 0.25) is 0 Å². The van der Waals surface area contributed by atoms with Gasteiger partial charge in [-0.25, -0.2) is 9.78 Å². The van der Waals surface area contributed by atoms with E-state index in [9.17, 15) is 4.79 Å². The molecule has 0 atom stereocenters. The molecule has 0 spiro atoms. The van der Waals surface area contributed by atoms with Crippen molar-refractivity contribution in [3.8, 4) is 0 Å². The number of carbonyl (C=O) groups is 1. The highest BCUT2D eigenvalue weighted by Gasteiger charge is 2.00. The van der Waals surface area contributed by atoms with Gasteiger partial charge < -0.3 is 14.4 Å². The quantitative estimate of drug-likeness (QED) is 0.777. The van der Waals surface area contributed by atoms with Gasteiger partial charge in [-0.1, -0.05) is 0 Å². The highest BCUT2D eigenvalue weighted by atomic mass is 35.5. The molecule has 1 rings (SSSR count). The molecule has 0 aliphatic heterocycles. The molecule has 13 heavy (non-hydrogen) atoms. The molecule has 0 saturated carbocycles. The Balaban J connectivity index is 0.00000144. The number of imidazole rings is 1. The molecular formula is C7H11ClN2O3. The van der Waals surface area contributed by atoms with E-state index in [2.05, 4.69) is 4.98 Å². The number of halogens is 1. The third-order valence-corrected chi connectivity index (χ3v) is 1.38. The van der Waals surface area contributed by atoms with Crippen LogP contribution in [-0.4, -0.2) is 27.2 Å². The molecule has 74 valence electrons. The number of carboxylic acid groups (broad SMARTS) is 1. The number of carboxylic acids is 1. The van der Waals surface area contributed by atoms with E-state index < -0.39 is 5.97 Å². The van der Waals surface area contributed by atoms with Gasteiger partial charge in [-0.3, -0.25) is 0 Å². The highest BCUT2D eigenvalue weighted by molar-refractivity contribution is 5.85. The number of hydrogen-bond acceptors (Lipinski definition) is 3. The van der Waals surface area contributed by atoms with Gasteiger partial charge in [-0.15, -0.1) is 12.4 Å². The van der Waals surface area contributed by atoms with Crippen molar-refractivity contribution in [1.82, 2.24) is 9.55 Å². The lowest BCUT2D eigenvalue weighted by atomic mass is 10.6. The summed E-state index contributed by atoms with van der Waals surface area (Å²) in [5.41, 5.74) is 0. The first-order valence-electron chi connectivity index (χ1n) is 3.46. The maximum atomic E-state index is 10.1.